The zero-order valence-electron chi connectivity index (χ0n) is 12.1. The van der Waals surface area contributed by atoms with Crippen molar-refractivity contribution in [1.82, 2.24) is 10.2 Å². The van der Waals surface area contributed by atoms with Crippen LogP contribution >= 0.6 is 0 Å². The maximum absolute atomic E-state index is 5.66. The summed E-state index contributed by atoms with van der Waals surface area (Å²) in [4.78, 5) is 2.57. The Morgan fingerprint density at radius 1 is 1.24 bits per heavy atom. The average Bonchev–Trinajstić information content (AvgIpc) is 2.26. The van der Waals surface area contributed by atoms with Crippen LogP contribution < -0.4 is 5.32 Å². The molecule has 1 aliphatic heterocycles. The van der Waals surface area contributed by atoms with E-state index in [-0.39, 0.29) is 5.54 Å². The van der Waals surface area contributed by atoms with Crippen molar-refractivity contribution < 1.29 is 4.74 Å². The molecular formula is C14H30N2O. The Labute approximate surface area is 107 Å². The molecule has 1 saturated heterocycles. The lowest BCUT2D eigenvalue weighted by molar-refractivity contribution is 0.0141. The van der Waals surface area contributed by atoms with Crippen LogP contribution in [0.1, 0.15) is 47.0 Å². The topological polar surface area (TPSA) is 24.5 Å². The molecule has 0 saturated carbocycles. The van der Waals surface area contributed by atoms with Crippen LogP contribution in [0.3, 0.4) is 0 Å². The monoisotopic (exact) mass is 242 g/mol. The Bertz CT molecular complexity index is 193. The van der Waals surface area contributed by atoms with Crippen LogP contribution in [0.5, 0.6) is 0 Å². The van der Waals surface area contributed by atoms with E-state index < -0.39 is 0 Å². The van der Waals surface area contributed by atoms with Crippen molar-refractivity contribution in [2.45, 2.75) is 58.6 Å². The highest BCUT2D eigenvalue weighted by molar-refractivity contribution is 4.74. The van der Waals surface area contributed by atoms with Gasteiger partial charge in [0.15, 0.2) is 0 Å². The molecule has 102 valence electrons. The van der Waals surface area contributed by atoms with Crippen molar-refractivity contribution in [2.75, 3.05) is 32.8 Å². The maximum Gasteiger partial charge on any atom is 0.0599 e. The second-order valence-electron chi connectivity index (χ2n) is 6.03. The summed E-state index contributed by atoms with van der Waals surface area (Å²) in [5, 5.41) is 3.54. The van der Waals surface area contributed by atoms with Gasteiger partial charge >= 0.3 is 0 Å². The van der Waals surface area contributed by atoms with E-state index in [0.717, 1.165) is 13.2 Å². The summed E-state index contributed by atoms with van der Waals surface area (Å²) >= 11 is 0. The molecule has 1 heterocycles. The molecule has 3 nitrogen and oxygen atoms in total. The largest absolute Gasteiger partial charge is 0.378 e. The van der Waals surface area contributed by atoms with Crippen LogP contribution in [-0.2, 0) is 4.74 Å². The summed E-state index contributed by atoms with van der Waals surface area (Å²) < 4.78 is 5.66. The van der Waals surface area contributed by atoms with Gasteiger partial charge in [0, 0.05) is 25.2 Å². The summed E-state index contributed by atoms with van der Waals surface area (Å²) in [5.74, 6) is 0. The fourth-order valence-electron chi connectivity index (χ4n) is 2.30. The van der Waals surface area contributed by atoms with E-state index in [0.29, 0.717) is 6.10 Å². The molecule has 1 aliphatic rings. The highest BCUT2D eigenvalue weighted by Gasteiger charge is 2.18. The zero-order chi connectivity index (χ0) is 12.7. The molecule has 3 heteroatoms. The Morgan fingerprint density at radius 2 is 1.88 bits per heavy atom. The summed E-state index contributed by atoms with van der Waals surface area (Å²) in [7, 11) is 0. The predicted octanol–water partition coefficient (Wildman–Crippen LogP) is 2.27. The number of hydrogen-bond acceptors (Lipinski definition) is 3. The van der Waals surface area contributed by atoms with Gasteiger partial charge in [0.25, 0.3) is 0 Å². The van der Waals surface area contributed by atoms with E-state index in [9.17, 15) is 0 Å². The van der Waals surface area contributed by atoms with Crippen molar-refractivity contribution in [2.24, 2.45) is 0 Å². The van der Waals surface area contributed by atoms with E-state index in [4.69, 9.17) is 4.74 Å². The summed E-state index contributed by atoms with van der Waals surface area (Å²) in [5.41, 5.74) is 0.252. The third kappa shape index (κ3) is 7.02. The SMILES string of the molecule is CCOC1CCN(CCCNC(C)(C)C)CC1. The molecule has 1 fully saturated rings. The van der Waals surface area contributed by atoms with Gasteiger partial charge < -0.3 is 15.0 Å². The number of ether oxygens (including phenoxy) is 1. The Morgan fingerprint density at radius 3 is 2.41 bits per heavy atom. The molecule has 0 aromatic carbocycles. The summed E-state index contributed by atoms with van der Waals surface area (Å²) in [6.45, 7) is 14.4. The first-order valence-electron chi connectivity index (χ1n) is 7.10. The first kappa shape index (κ1) is 14.9. The maximum atomic E-state index is 5.66. The minimum absolute atomic E-state index is 0.252. The van der Waals surface area contributed by atoms with Gasteiger partial charge in [-0.3, -0.25) is 0 Å². The van der Waals surface area contributed by atoms with Crippen LogP contribution in [0.2, 0.25) is 0 Å². The third-order valence-corrected chi connectivity index (χ3v) is 3.24. The van der Waals surface area contributed by atoms with Gasteiger partial charge in [-0.1, -0.05) is 0 Å². The second kappa shape index (κ2) is 7.34. The number of piperidine rings is 1. The van der Waals surface area contributed by atoms with E-state index in [1.54, 1.807) is 0 Å². The van der Waals surface area contributed by atoms with Crippen molar-refractivity contribution in [1.29, 1.82) is 0 Å². The van der Waals surface area contributed by atoms with Crippen molar-refractivity contribution in [3.8, 4) is 0 Å². The highest BCUT2D eigenvalue weighted by Crippen LogP contribution is 2.13. The van der Waals surface area contributed by atoms with Gasteiger partial charge in [-0.2, -0.15) is 0 Å². The standard InChI is InChI=1S/C14H30N2O/c1-5-17-13-7-11-16(12-8-13)10-6-9-15-14(2,3)4/h13,15H,5-12H2,1-4H3. The van der Waals surface area contributed by atoms with Crippen molar-refractivity contribution in [3.05, 3.63) is 0 Å². The van der Waals surface area contributed by atoms with E-state index in [1.807, 2.05) is 0 Å². The molecule has 0 unspecified atom stereocenters. The lowest BCUT2D eigenvalue weighted by Gasteiger charge is -2.32. The first-order valence-corrected chi connectivity index (χ1v) is 7.10. The minimum Gasteiger partial charge on any atom is -0.378 e. The van der Waals surface area contributed by atoms with Crippen LogP contribution in [0.4, 0.5) is 0 Å². The Hall–Kier alpha value is -0.120. The van der Waals surface area contributed by atoms with Gasteiger partial charge in [0.05, 0.1) is 6.10 Å². The molecule has 0 radical (unpaired) electrons. The van der Waals surface area contributed by atoms with Gasteiger partial charge in [0.1, 0.15) is 0 Å². The molecule has 1 N–H and O–H groups in total. The Balaban J connectivity index is 2.02. The second-order valence-corrected chi connectivity index (χ2v) is 6.03. The molecule has 0 aromatic rings. The van der Waals surface area contributed by atoms with Crippen LogP contribution in [-0.4, -0.2) is 49.3 Å². The van der Waals surface area contributed by atoms with E-state index >= 15 is 0 Å². The number of nitrogens with one attached hydrogen (secondary N) is 1. The molecule has 1 rings (SSSR count). The quantitative estimate of drug-likeness (QED) is 0.723. The number of likely N-dealkylation sites (tertiary alicyclic amines) is 1. The number of rotatable bonds is 6. The lowest BCUT2D eigenvalue weighted by Crippen LogP contribution is -2.40. The van der Waals surface area contributed by atoms with E-state index in [2.05, 4.69) is 37.9 Å². The molecule has 17 heavy (non-hydrogen) atoms. The first-order chi connectivity index (χ1) is 8.01. The smallest absolute Gasteiger partial charge is 0.0599 e. The average molecular weight is 242 g/mol. The Kier molecular flexibility index (Phi) is 6.45. The van der Waals surface area contributed by atoms with Crippen LogP contribution in [0, 0.1) is 0 Å². The molecule has 0 aromatic heterocycles. The fourth-order valence-corrected chi connectivity index (χ4v) is 2.30. The van der Waals surface area contributed by atoms with Crippen molar-refractivity contribution >= 4 is 0 Å². The predicted molar refractivity (Wildman–Crippen MR) is 73.5 cm³/mol. The molecule has 0 bridgehead atoms. The zero-order valence-corrected chi connectivity index (χ0v) is 12.1. The number of hydrogen-bond donors (Lipinski definition) is 1. The van der Waals surface area contributed by atoms with Gasteiger partial charge in [0.2, 0.25) is 0 Å². The van der Waals surface area contributed by atoms with Gasteiger partial charge in [-0.05, 0) is 60.0 Å². The molecule has 0 aliphatic carbocycles. The molecule has 0 amide bonds. The van der Waals surface area contributed by atoms with Crippen LogP contribution in [0.15, 0.2) is 0 Å². The van der Waals surface area contributed by atoms with Crippen molar-refractivity contribution in [3.63, 3.8) is 0 Å². The molecule has 0 spiro atoms. The summed E-state index contributed by atoms with van der Waals surface area (Å²) in [6, 6.07) is 0. The van der Waals surface area contributed by atoms with Gasteiger partial charge in [-0.15, -0.1) is 0 Å². The fraction of sp³-hybridized carbons (Fsp3) is 1.00. The van der Waals surface area contributed by atoms with Gasteiger partial charge in [-0.25, -0.2) is 0 Å². The van der Waals surface area contributed by atoms with Crippen LogP contribution in [0.25, 0.3) is 0 Å². The van der Waals surface area contributed by atoms with E-state index in [1.165, 1.54) is 38.9 Å². The molecular weight excluding hydrogens is 212 g/mol. The number of nitrogens with zero attached hydrogens (tertiary/aromatic N) is 1. The molecule has 0 atom stereocenters. The normalized spacial score (nSPS) is 19.8. The summed E-state index contributed by atoms with van der Waals surface area (Å²) in [6.07, 6.45) is 4.18. The lowest BCUT2D eigenvalue weighted by atomic mass is 10.1. The minimum atomic E-state index is 0.252. The highest BCUT2D eigenvalue weighted by atomic mass is 16.5. The third-order valence-electron chi connectivity index (χ3n) is 3.24.